The van der Waals surface area contributed by atoms with Gasteiger partial charge in [0.25, 0.3) is 0 Å². The van der Waals surface area contributed by atoms with Crippen LogP contribution in [-0.2, 0) is 4.74 Å². The number of fused-ring (bicyclic) bond motifs is 3. The van der Waals surface area contributed by atoms with E-state index < -0.39 is 0 Å². The maximum Gasteiger partial charge on any atom is 0.228 e. The zero-order valence-corrected chi connectivity index (χ0v) is 14.5. The minimum absolute atomic E-state index is 0.276. The molecule has 2 N–H and O–H groups in total. The van der Waals surface area contributed by atoms with Crippen LogP contribution in [-0.4, -0.2) is 57.8 Å². The van der Waals surface area contributed by atoms with E-state index in [9.17, 15) is 0 Å². The minimum Gasteiger partial charge on any atom is -0.374 e. The molecule has 2 aromatic rings. The minimum atomic E-state index is 0.276. The van der Waals surface area contributed by atoms with Crippen LogP contribution in [0, 0.1) is 5.92 Å². The van der Waals surface area contributed by atoms with Gasteiger partial charge in [-0.15, -0.1) is 0 Å². The maximum absolute atomic E-state index is 5.76. The highest BCUT2D eigenvalue weighted by Crippen LogP contribution is 2.43. The highest BCUT2D eigenvalue weighted by atomic mass is 16.5. The number of ether oxygens (including phenoxy) is 1. The summed E-state index contributed by atoms with van der Waals surface area (Å²) >= 11 is 0. The predicted molar refractivity (Wildman–Crippen MR) is 96.8 cm³/mol. The predicted octanol–water partition coefficient (Wildman–Crippen LogP) is 1.09. The van der Waals surface area contributed by atoms with Crippen molar-refractivity contribution in [2.24, 2.45) is 5.92 Å². The Kier molecular flexibility index (Phi) is 2.97. The molecular formula is C18H21N7O. The standard InChI is InChI=1S/C18H21N7O/c19-17-20-5-11(6-21-17)15-4-16(24-8-14-3-13(24)9-26-14)23-18(22-15)25-7-10-1-12(25)2-10/h4-6,10,12-14H,1-3,7-9H2,(H2,19,20,21)/t10?,12?,13-,14-/m0/s1. The summed E-state index contributed by atoms with van der Waals surface area (Å²) in [6.07, 6.45) is 7.45. The third-order valence-corrected chi connectivity index (χ3v) is 6.23. The fourth-order valence-corrected chi connectivity index (χ4v) is 4.77. The van der Waals surface area contributed by atoms with Crippen molar-refractivity contribution < 1.29 is 4.74 Å². The van der Waals surface area contributed by atoms with Gasteiger partial charge in [-0.2, -0.15) is 4.98 Å². The highest BCUT2D eigenvalue weighted by Gasteiger charge is 2.45. The number of hydrogen-bond acceptors (Lipinski definition) is 8. The quantitative estimate of drug-likeness (QED) is 0.878. The lowest BCUT2D eigenvalue weighted by Crippen LogP contribution is -2.38. The Hall–Kier alpha value is -2.48. The number of nitrogens with zero attached hydrogens (tertiary/aromatic N) is 6. The van der Waals surface area contributed by atoms with Crippen molar-refractivity contribution in [3.63, 3.8) is 0 Å². The molecule has 6 heterocycles. The zero-order valence-electron chi connectivity index (χ0n) is 14.5. The number of nitrogens with two attached hydrogens (primary N) is 1. The van der Waals surface area contributed by atoms with Crippen molar-refractivity contribution >= 4 is 17.7 Å². The van der Waals surface area contributed by atoms with Gasteiger partial charge in [0, 0.05) is 43.2 Å². The number of hydrogen-bond donors (Lipinski definition) is 1. The van der Waals surface area contributed by atoms with Crippen molar-refractivity contribution in [3.8, 4) is 11.3 Å². The summed E-state index contributed by atoms with van der Waals surface area (Å²) in [7, 11) is 0. The van der Waals surface area contributed by atoms with E-state index in [4.69, 9.17) is 20.4 Å². The summed E-state index contributed by atoms with van der Waals surface area (Å²) < 4.78 is 5.76. The number of morpholine rings is 1. The molecule has 4 aliphatic heterocycles. The Morgan fingerprint density at radius 2 is 1.85 bits per heavy atom. The molecule has 1 aliphatic carbocycles. The van der Waals surface area contributed by atoms with Crippen molar-refractivity contribution in [3.05, 3.63) is 18.5 Å². The van der Waals surface area contributed by atoms with E-state index in [1.54, 1.807) is 12.4 Å². The topological polar surface area (TPSA) is 93.3 Å². The fraction of sp³-hybridized carbons (Fsp3) is 0.556. The van der Waals surface area contributed by atoms with Crippen molar-refractivity contribution in [2.45, 2.75) is 37.5 Å². The molecule has 4 saturated heterocycles. The van der Waals surface area contributed by atoms with E-state index in [0.29, 0.717) is 18.2 Å². The number of aromatic nitrogens is 4. The molecule has 0 amide bonds. The molecule has 5 aliphatic rings. The Morgan fingerprint density at radius 3 is 2.50 bits per heavy atom. The van der Waals surface area contributed by atoms with Crippen LogP contribution >= 0.6 is 0 Å². The number of anilines is 3. The molecule has 0 aromatic carbocycles. The molecule has 0 spiro atoms. The van der Waals surface area contributed by atoms with Crippen LogP contribution in [0.15, 0.2) is 18.5 Å². The summed E-state index contributed by atoms with van der Waals surface area (Å²) in [6.45, 7) is 2.77. The van der Waals surface area contributed by atoms with Crippen LogP contribution in [0.1, 0.15) is 19.3 Å². The molecule has 8 heteroatoms. The second-order valence-corrected chi connectivity index (χ2v) is 7.88. The van der Waals surface area contributed by atoms with Crippen molar-refractivity contribution in [1.29, 1.82) is 0 Å². The van der Waals surface area contributed by atoms with Gasteiger partial charge in [-0.3, -0.25) is 0 Å². The summed E-state index contributed by atoms with van der Waals surface area (Å²) in [5.74, 6) is 2.91. The first kappa shape index (κ1) is 14.7. The van der Waals surface area contributed by atoms with Crippen LogP contribution in [0.4, 0.5) is 17.7 Å². The summed E-state index contributed by atoms with van der Waals surface area (Å²) in [5, 5.41) is 0. The Morgan fingerprint density at radius 1 is 1.00 bits per heavy atom. The lowest BCUT2D eigenvalue weighted by atomic mass is 9.86. The van der Waals surface area contributed by atoms with Gasteiger partial charge in [-0.05, 0) is 25.2 Å². The second kappa shape index (κ2) is 5.26. The van der Waals surface area contributed by atoms with E-state index >= 15 is 0 Å². The molecule has 8 nitrogen and oxygen atoms in total. The van der Waals surface area contributed by atoms with E-state index in [0.717, 1.165) is 55.1 Å². The maximum atomic E-state index is 5.76. The first-order chi connectivity index (χ1) is 12.7. The van der Waals surface area contributed by atoms with Gasteiger partial charge < -0.3 is 20.3 Å². The fourth-order valence-electron chi connectivity index (χ4n) is 4.77. The lowest BCUT2D eigenvalue weighted by Gasteiger charge is -2.30. The molecule has 134 valence electrons. The zero-order chi connectivity index (χ0) is 17.3. The van der Waals surface area contributed by atoms with Gasteiger partial charge >= 0.3 is 0 Å². The van der Waals surface area contributed by atoms with Gasteiger partial charge in [-0.1, -0.05) is 0 Å². The molecule has 0 radical (unpaired) electrons. The summed E-state index contributed by atoms with van der Waals surface area (Å²) in [5.41, 5.74) is 7.37. The van der Waals surface area contributed by atoms with Gasteiger partial charge in [0.2, 0.25) is 11.9 Å². The van der Waals surface area contributed by atoms with Crippen LogP contribution in [0.5, 0.6) is 0 Å². The van der Waals surface area contributed by atoms with Crippen LogP contribution in [0.2, 0.25) is 0 Å². The third-order valence-electron chi connectivity index (χ3n) is 6.23. The molecule has 0 unspecified atom stereocenters. The molecular weight excluding hydrogens is 330 g/mol. The second-order valence-electron chi connectivity index (χ2n) is 7.88. The molecule has 2 atom stereocenters. The average Bonchev–Trinajstić information content (AvgIpc) is 3.41. The number of rotatable bonds is 3. The first-order valence-electron chi connectivity index (χ1n) is 9.35. The van der Waals surface area contributed by atoms with Gasteiger partial charge in [-0.25, -0.2) is 15.0 Å². The van der Waals surface area contributed by atoms with Crippen molar-refractivity contribution in [1.82, 2.24) is 19.9 Å². The summed E-state index contributed by atoms with van der Waals surface area (Å²) in [4.78, 5) is 22.8. The van der Waals surface area contributed by atoms with Gasteiger partial charge in [0.1, 0.15) is 5.82 Å². The molecule has 2 aromatic heterocycles. The molecule has 1 saturated carbocycles. The van der Waals surface area contributed by atoms with E-state index in [2.05, 4.69) is 25.8 Å². The van der Waals surface area contributed by atoms with E-state index in [1.165, 1.54) is 12.8 Å². The van der Waals surface area contributed by atoms with Crippen molar-refractivity contribution in [2.75, 3.05) is 35.2 Å². The smallest absolute Gasteiger partial charge is 0.228 e. The largest absolute Gasteiger partial charge is 0.374 e. The monoisotopic (exact) mass is 351 g/mol. The molecule has 26 heavy (non-hydrogen) atoms. The van der Waals surface area contributed by atoms with E-state index in [1.807, 2.05) is 0 Å². The molecule has 5 fully saturated rings. The first-order valence-corrected chi connectivity index (χ1v) is 9.35. The van der Waals surface area contributed by atoms with Gasteiger partial charge in [0.05, 0.1) is 24.4 Å². The normalized spacial score (nSPS) is 31.5. The van der Waals surface area contributed by atoms with Crippen LogP contribution in [0.3, 0.4) is 0 Å². The van der Waals surface area contributed by atoms with Gasteiger partial charge in [0.15, 0.2) is 0 Å². The van der Waals surface area contributed by atoms with Crippen LogP contribution < -0.4 is 15.5 Å². The molecule has 7 rings (SSSR count). The number of nitrogen functional groups attached to an aromatic ring is 1. The average molecular weight is 351 g/mol. The van der Waals surface area contributed by atoms with Crippen LogP contribution in [0.25, 0.3) is 11.3 Å². The Balaban J connectivity index is 1.43. The SMILES string of the molecule is Nc1ncc(-c2cc(N3C[C@@H]4C[C@H]3CO4)nc(N3CC4CC3C4)n2)cn1. The lowest BCUT2D eigenvalue weighted by molar-refractivity contribution is 0.0989. The Labute approximate surface area is 151 Å². The highest BCUT2D eigenvalue weighted by molar-refractivity contribution is 5.65. The third kappa shape index (κ3) is 2.18. The molecule has 4 bridgehead atoms. The summed E-state index contributed by atoms with van der Waals surface area (Å²) in [6, 6.07) is 3.08. The van der Waals surface area contributed by atoms with E-state index in [-0.39, 0.29) is 5.95 Å². The Bertz CT molecular complexity index is 851.